The average Bonchev–Trinajstić information content (AvgIpc) is 3.30. The molecule has 15 nitrogen and oxygen atoms in total. The molecule has 15 heteroatoms. The summed E-state index contributed by atoms with van der Waals surface area (Å²) in [6.07, 6.45) is -5.07. The Morgan fingerprint density at radius 2 is 1.25 bits per heavy atom. The topological polar surface area (TPSA) is 165 Å². The Hall–Kier alpha value is -3.06. The van der Waals surface area contributed by atoms with Crippen LogP contribution in [0.3, 0.4) is 0 Å². The predicted molar refractivity (Wildman–Crippen MR) is 238 cm³/mol. The fraction of sp³-hybridized carbons (Fsp3) is 0.714. The van der Waals surface area contributed by atoms with Gasteiger partial charge in [0.25, 0.3) is 0 Å². The van der Waals surface area contributed by atoms with Gasteiger partial charge in [0.15, 0.2) is 31.1 Å². The van der Waals surface area contributed by atoms with Crippen molar-refractivity contribution in [2.75, 3.05) is 46.8 Å². The number of rotatable bonds is 30. The van der Waals surface area contributed by atoms with Gasteiger partial charge in [-0.2, -0.15) is 0 Å². The van der Waals surface area contributed by atoms with Crippen LogP contribution in [0, 0.1) is 0 Å². The number of aliphatic hydroxyl groups excluding tert-OH is 1. The number of carbonyl (C=O) groups excluding carboxylic acids is 2. The maximum absolute atomic E-state index is 14.1. The van der Waals surface area contributed by atoms with Gasteiger partial charge in [0, 0.05) is 33.5 Å². The number of benzene rings is 2. The van der Waals surface area contributed by atoms with E-state index in [-0.39, 0.29) is 18.8 Å². The predicted octanol–water partition coefficient (Wildman–Crippen LogP) is 7.44. The van der Waals surface area contributed by atoms with Crippen LogP contribution in [-0.2, 0) is 56.8 Å². The molecule has 2 aliphatic heterocycles. The molecule has 0 aromatic heterocycles. The van der Waals surface area contributed by atoms with Crippen LogP contribution in [0.15, 0.2) is 60.7 Å². The van der Waals surface area contributed by atoms with Crippen LogP contribution >= 0.6 is 0 Å². The molecule has 4 rings (SSSR count). The van der Waals surface area contributed by atoms with Gasteiger partial charge in [0.2, 0.25) is 0 Å². The molecule has 2 aliphatic rings. The summed E-state index contributed by atoms with van der Waals surface area (Å²) in [5, 5.41) is 10.4. The molecule has 362 valence electrons. The quantitative estimate of drug-likeness (QED) is 0.0467. The standard InChI is InChI=1S/C49H76O15/c1-9-13-27-54-38(31-50)33(5)60-47(35(7)59-45(51)36-23-19-17-20-24-36)63-41-39(55-28-14-10-2)32-58-49(43(41)62-46(52)37-25-21-18-22-26-37)64-44-42(57-30-16-12-4)40(56-29-15-11-3)34(6)61-48(44)53-8/h17-26,33-35,38-44,47-50H,9-16,27-32H2,1-8H3/t33?,34?,35?,38-,39+,40+,41?,42?,43?,44?,47+,48-,49+/m1/s1. The van der Waals surface area contributed by atoms with E-state index in [1.807, 2.05) is 13.8 Å². The van der Waals surface area contributed by atoms with E-state index in [9.17, 15) is 14.7 Å². The molecule has 0 bridgehead atoms. The van der Waals surface area contributed by atoms with Gasteiger partial charge in [-0.15, -0.1) is 0 Å². The third kappa shape index (κ3) is 16.4. The highest BCUT2D eigenvalue weighted by molar-refractivity contribution is 5.90. The molecule has 2 fully saturated rings. The van der Waals surface area contributed by atoms with Crippen LogP contribution in [0.1, 0.15) is 121 Å². The van der Waals surface area contributed by atoms with Crippen molar-refractivity contribution in [2.45, 2.75) is 180 Å². The van der Waals surface area contributed by atoms with Crippen LogP contribution in [0.25, 0.3) is 0 Å². The molecule has 0 spiro atoms. The molecule has 0 radical (unpaired) electrons. The van der Waals surface area contributed by atoms with Gasteiger partial charge in [-0.1, -0.05) is 89.8 Å². The van der Waals surface area contributed by atoms with Gasteiger partial charge in [0.05, 0.1) is 36.5 Å². The third-order valence-corrected chi connectivity index (χ3v) is 11.2. The van der Waals surface area contributed by atoms with Gasteiger partial charge < -0.3 is 61.9 Å². The number of aliphatic hydroxyl groups is 1. The number of methoxy groups -OCH3 is 1. The summed E-state index contributed by atoms with van der Waals surface area (Å²) < 4.78 is 77.1. The highest BCUT2D eigenvalue weighted by Crippen LogP contribution is 2.35. The summed E-state index contributed by atoms with van der Waals surface area (Å²) in [6.45, 7) is 14.9. The summed E-state index contributed by atoms with van der Waals surface area (Å²) >= 11 is 0. The zero-order chi connectivity index (χ0) is 46.3. The highest BCUT2D eigenvalue weighted by Gasteiger charge is 2.53. The smallest absolute Gasteiger partial charge is 0.338 e. The average molecular weight is 905 g/mol. The Morgan fingerprint density at radius 3 is 1.83 bits per heavy atom. The molecule has 1 N–H and O–H groups in total. The van der Waals surface area contributed by atoms with Crippen molar-refractivity contribution >= 4 is 11.9 Å². The summed E-state index contributed by atoms with van der Waals surface area (Å²) in [4.78, 5) is 27.7. The summed E-state index contributed by atoms with van der Waals surface area (Å²) in [5.74, 6) is -1.27. The lowest BCUT2D eigenvalue weighted by Gasteiger charge is -2.48. The summed E-state index contributed by atoms with van der Waals surface area (Å²) in [6, 6.07) is 17.1. The summed E-state index contributed by atoms with van der Waals surface area (Å²) in [7, 11) is 1.53. The first-order valence-electron chi connectivity index (χ1n) is 23.5. The van der Waals surface area contributed by atoms with Crippen molar-refractivity contribution in [3.05, 3.63) is 71.8 Å². The largest absolute Gasteiger partial charge is 0.454 e. The van der Waals surface area contributed by atoms with E-state index in [0.29, 0.717) is 32.0 Å². The fourth-order valence-corrected chi connectivity index (χ4v) is 7.34. The van der Waals surface area contributed by atoms with Crippen LogP contribution < -0.4 is 0 Å². The Balaban J connectivity index is 1.79. The van der Waals surface area contributed by atoms with Crippen molar-refractivity contribution in [3.63, 3.8) is 0 Å². The van der Waals surface area contributed by atoms with E-state index in [1.54, 1.807) is 74.5 Å². The number of carbonyl (C=O) groups is 2. The molecular formula is C49H76O15. The Kier molecular flexibility index (Phi) is 24.7. The van der Waals surface area contributed by atoms with Crippen LogP contribution in [0.4, 0.5) is 0 Å². The van der Waals surface area contributed by atoms with Gasteiger partial charge in [-0.05, 0) is 70.7 Å². The Labute approximate surface area is 380 Å². The van der Waals surface area contributed by atoms with Crippen LogP contribution in [0.2, 0.25) is 0 Å². The normalized spacial score (nSPS) is 26.7. The Morgan fingerprint density at radius 1 is 0.688 bits per heavy atom. The van der Waals surface area contributed by atoms with Crippen molar-refractivity contribution in [1.29, 1.82) is 0 Å². The van der Waals surface area contributed by atoms with Crippen molar-refractivity contribution < 1.29 is 71.5 Å². The maximum atomic E-state index is 14.1. The number of esters is 2. The minimum atomic E-state index is -1.31. The number of hydrogen-bond acceptors (Lipinski definition) is 15. The molecule has 2 aromatic carbocycles. The number of unbranched alkanes of at least 4 members (excludes halogenated alkanes) is 4. The Bertz CT molecular complexity index is 1550. The van der Waals surface area contributed by atoms with Gasteiger partial charge >= 0.3 is 11.9 Å². The lowest BCUT2D eigenvalue weighted by atomic mass is 9.98. The molecule has 2 heterocycles. The van der Waals surface area contributed by atoms with Crippen molar-refractivity contribution in [2.24, 2.45) is 0 Å². The molecule has 13 atom stereocenters. The first-order valence-corrected chi connectivity index (χ1v) is 23.5. The van der Waals surface area contributed by atoms with E-state index >= 15 is 0 Å². The van der Waals surface area contributed by atoms with Gasteiger partial charge in [-0.25, -0.2) is 9.59 Å². The fourth-order valence-electron chi connectivity index (χ4n) is 7.34. The zero-order valence-electron chi connectivity index (χ0n) is 39.3. The molecule has 2 aromatic rings. The van der Waals surface area contributed by atoms with Crippen LogP contribution in [-0.4, -0.2) is 144 Å². The van der Waals surface area contributed by atoms with Gasteiger partial charge in [-0.3, -0.25) is 0 Å². The number of hydrogen-bond donors (Lipinski definition) is 1. The van der Waals surface area contributed by atoms with E-state index in [4.69, 9.17) is 56.8 Å². The van der Waals surface area contributed by atoms with E-state index in [1.165, 1.54) is 7.11 Å². The third-order valence-electron chi connectivity index (χ3n) is 11.2. The van der Waals surface area contributed by atoms with E-state index in [0.717, 1.165) is 51.4 Å². The van der Waals surface area contributed by atoms with Crippen molar-refractivity contribution in [1.82, 2.24) is 0 Å². The van der Waals surface area contributed by atoms with E-state index < -0.39 is 91.8 Å². The number of ether oxygens (including phenoxy) is 12. The second kappa shape index (κ2) is 29.6. The maximum Gasteiger partial charge on any atom is 0.338 e. The molecule has 0 aliphatic carbocycles. The minimum Gasteiger partial charge on any atom is -0.454 e. The van der Waals surface area contributed by atoms with Crippen molar-refractivity contribution in [3.8, 4) is 0 Å². The second-order valence-electron chi connectivity index (χ2n) is 16.4. The lowest BCUT2D eigenvalue weighted by Crippen LogP contribution is -2.64. The summed E-state index contributed by atoms with van der Waals surface area (Å²) in [5.41, 5.74) is 0.613. The molecule has 0 amide bonds. The zero-order valence-corrected chi connectivity index (χ0v) is 39.3. The SMILES string of the molecule is CCCCOC1C(O[C@@H]2OC[C@H](OCCCC)C(O[C@H](OC(C)[C@@H](CO)OCCCC)C(C)OC(=O)c3ccccc3)C2OC(=O)c2ccccc2)[C@H](OC)OC(C)[C@@H]1OCCCC. The molecule has 7 unspecified atom stereocenters. The minimum absolute atomic E-state index is 0.0439. The molecule has 0 saturated carbocycles. The monoisotopic (exact) mass is 905 g/mol. The van der Waals surface area contributed by atoms with E-state index in [2.05, 4.69) is 20.8 Å². The molecule has 64 heavy (non-hydrogen) atoms. The molecular weight excluding hydrogens is 829 g/mol. The first kappa shape index (κ1) is 53.6. The van der Waals surface area contributed by atoms with Crippen LogP contribution in [0.5, 0.6) is 0 Å². The first-order chi connectivity index (χ1) is 31.1. The van der Waals surface area contributed by atoms with Gasteiger partial charge in [0.1, 0.15) is 36.6 Å². The lowest BCUT2D eigenvalue weighted by molar-refractivity contribution is -0.368. The highest BCUT2D eigenvalue weighted by atomic mass is 16.8. The molecule has 2 saturated heterocycles. The second-order valence-corrected chi connectivity index (χ2v) is 16.4.